The predicted molar refractivity (Wildman–Crippen MR) is 100 cm³/mol. The van der Waals surface area contributed by atoms with Crippen LogP contribution in [0.5, 0.6) is 5.75 Å². The number of ether oxygens (including phenoxy) is 1. The molecule has 0 radical (unpaired) electrons. The molecule has 2 amide bonds. The highest BCUT2D eigenvalue weighted by Gasteiger charge is 2.08. The van der Waals surface area contributed by atoms with Crippen LogP contribution in [0, 0.1) is 0 Å². The first kappa shape index (κ1) is 18.3. The summed E-state index contributed by atoms with van der Waals surface area (Å²) < 4.78 is 10.8. The third kappa shape index (κ3) is 5.74. The number of hydrogen-bond acceptors (Lipinski definition) is 4. The van der Waals surface area contributed by atoms with Crippen molar-refractivity contribution in [2.24, 2.45) is 0 Å². The average molecular weight is 364 g/mol. The van der Waals surface area contributed by atoms with Gasteiger partial charge in [0.15, 0.2) is 0 Å². The second kappa shape index (κ2) is 9.24. The summed E-state index contributed by atoms with van der Waals surface area (Å²) >= 11 is 0. The summed E-state index contributed by atoms with van der Waals surface area (Å²) in [6.07, 6.45) is 1.54. The Morgan fingerprint density at radius 1 is 0.889 bits per heavy atom. The third-order valence-corrected chi connectivity index (χ3v) is 3.81. The number of carbonyl (C=O) groups excluding carboxylic acids is 2. The molecule has 0 aliphatic heterocycles. The van der Waals surface area contributed by atoms with Crippen molar-refractivity contribution in [2.45, 2.75) is 13.2 Å². The van der Waals surface area contributed by atoms with Crippen LogP contribution in [-0.4, -0.2) is 18.4 Å². The standard InChI is InChI=1S/C21H20N2O4/c24-20(22-13-19-7-4-12-26-19)14-23-21(25)17-10-8-16(9-11-17)15-27-18-5-2-1-3-6-18/h1-12H,13-15H2,(H,22,24)(H,23,25). The molecular weight excluding hydrogens is 344 g/mol. The number of carbonyl (C=O) groups is 2. The Balaban J connectivity index is 1.42. The van der Waals surface area contributed by atoms with Gasteiger partial charge in [0.2, 0.25) is 5.91 Å². The molecule has 27 heavy (non-hydrogen) atoms. The van der Waals surface area contributed by atoms with E-state index in [1.54, 1.807) is 24.3 Å². The number of para-hydroxylation sites is 1. The largest absolute Gasteiger partial charge is 0.489 e. The Kier molecular flexibility index (Phi) is 6.25. The van der Waals surface area contributed by atoms with Crippen molar-refractivity contribution in [1.82, 2.24) is 10.6 Å². The quantitative estimate of drug-likeness (QED) is 0.644. The summed E-state index contributed by atoms with van der Waals surface area (Å²) in [7, 11) is 0. The molecule has 6 heteroatoms. The molecule has 3 rings (SSSR count). The highest BCUT2D eigenvalue weighted by atomic mass is 16.5. The second-order valence-corrected chi connectivity index (χ2v) is 5.84. The Labute approximate surface area is 157 Å². The number of rotatable bonds is 8. The molecule has 2 N–H and O–H groups in total. The summed E-state index contributed by atoms with van der Waals surface area (Å²) in [6, 6.07) is 20.1. The number of benzene rings is 2. The minimum Gasteiger partial charge on any atom is -0.489 e. The minimum atomic E-state index is -0.307. The maximum Gasteiger partial charge on any atom is 0.251 e. The van der Waals surface area contributed by atoms with E-state index in [0.29, 0.717) is 17.9 Å². The van der Waals surface area contributed by atoms with Gasteiger partial charge in [-0.3, -0.25) is 9.59 Å². The summed E-state index contributed by atoms with van der Waals surface area (Å²) in [5, 5.41) is 5.26. The molecule has 2 aromatic carbocycles. The maximum atomic E-state index is 12.1. The van der Waals surface area contributed by atoms with Crippen LogP contribution in [0.1, 0.15) is 21.7 Å². The zero-order valence-corrected chi connectivity index (χ0v) is 14.7. The van der Waals surface area contributed by atoms with E-state index in [4.69, 9.17) is 9.15 Å². The smallest absolute Gasteiger partial charge is 0.251 e. The van der Waals surface area contributed by atoms with Crippen molar-refractivity contribution < 1.29 is 18.7 Å². The third-order valence-electron chi connectivity index (χ3n) is 3.81. The van der Waals surface area contributed by atoms with Gasteiger partial charge in [-0.05, 0) is 42.0 Å². The van der Waals surface area contributed by atoms with E-state index in [1.807, 2.05) is 42.5 Å². The number of nitrogens with one attached hydrogen (secondary N) is 2. The van der Waals surface area contributed by atoms with E-state index in [-0.39, 0.29) is 24.9 Å². The maximum absolute atomic E-state index is 12.1. The van der Waals surface area contributed by atoms with Gasteiger partial charge in [0, 0.05) is 5.56 Å². The first-order valence-corrected chi connectivity index (χ1v) is 8.55. The summed E-state index contributed by atoms with van der Waals surface area (Å²) in [6.45, 7) is 0.608. The van der Waals surface area contributed by atoms with Crippen LogP contribution < -0.4 is 15.4 Å². The SMILES string of the molecule is O=C(CNC(=O)c1ccc(COc2ccccc2)cc1)NCc1ccco1. The molecule has 0 unspecified atom stereocenters. The highest BCUT2D eigenvalue weighted by molar-refractivity contribution is 5.96. The number of amides is 2. The van der Waals surface area contributed by atoms with Gasteiger partial charge in [0.25, 0.3) is 5.91 Å². The van der Waals surface area contributed by atoms with Gasteiger partial charge in [-0.1, -0.05) is 30.3 Å². The topological polar surface area (TPSA) is 80.6 Å². The fourth-order valence-corrected chi connectivity index (χ4v) is 2.36. The lowest BCUT2D eigenvalue weighted by atomic mass is 10.1. The monoisotopic (exact) mass is 364 g/mol. The van der Waals surface area contributed by atoms with Crippen molar-refractivity contribution in [3.8, 4) is 5.75 Å². The lowest BCUT2D eigenvalue weighted by molar-refractivity contribution is -0.120. The first-order valence-electron chi connectivity index (χ1n) is 8.55. The van der Waals surface area contributed by atoms with Crippen LogP contribution in [0.4, 0.5) is 0 Å². The van der Waals surface area contributed by atoms with Gasteiger partial charge in [0.05, 0.1) is 19.4 Å². The predicted octanol–water partition coefficient (Wildman–Crippen LogP) is 2.90. The van der Waals surface area contributed by atoms with E-state index in [1.165, 1.54) is 6.26 Å². The first-order chi connectivity index (χ1) is 13.2. The number of hydrogen-bond donors (Lipinski definition) is 2. The van der Waals surface area contributed by atoms with Gasteiger partial charge >= 0.3 is 0 Å². The summed E-state index contributed by atoms with van der Waals surface area (Å²) in [5.41, 5.74) is 1.43. The van der Waals surface area contributed by atoms with Crippen molar-refractivity contribution in [3.05, 3.63) is 89.9 Å². The summed E-state index contributed by atoms with van der Waals surface area (Å²) in [5.74, 6) is 0.856. The minimum absolute atomic E-state index is 0.0988. The van der Waals surface area contributed by atoms with E-state index in [9.17, 15) is 9.59 Å². The van der Waals surface area contributed by atoms with Gasteiger partial charge in [-0.15, -0.1) is 0 Å². The van der Waals surface area contributed by atoms with E-state index < -0.39 is 0 Å². The molecule has 0 atom stereocenters. The highest BCUT2D eigenvalue weighted by Crippen LogP contribution is 2.12. The zero-order chi connectivity index (χ0) is 18.9. The van der Waals surface area contributed by atoms with Crippen LogP contribution >= 0.6 is 0 Å². The van der Waals surface area contributed by atoms with Crippen LogP contribution in [-0.2, 0) is 17.9 Å². The normalized spacial score (nSPS) is 10.2. The Bertz CT molecular complexity index is 859. The molecular formula is C21H20N2O4. The molecule has 0 bridgehead atoms. The fraction of sp³-hybridized carbons (Fsp3) is 0.143. The molecule has 0 saturated heterocycles. The molecule has 3 aromatic rings. The van der Waals surface area contributed by atoms with Crippen molar-refractivity contribution >= 4 is 11.8 Å². The molecule has 0 fully saturated rings. The van der Waals surface area contributed by atoms with Crippen molar-refractivity contribution in [1.29, 1.82) is 0 Å². The van der Waals surface area contributed by atoms with Gasteiger partial charge < -0.3 is 19.8 Å². The lowest BCUT2D eigenvalue weighted by Gasteiger charge is -2.08. The molecule has 0 aliphatic rings. The molecule has 6 nitrogen and oxygen atoms in total. The lowest BCUT2D eigenvalue weighted by Crippen LogP contribution is -2.36. The van der Waals surface area contributed by atoms with E-state index >= 15 is 0 Å². The average Bonchev–Trinajstić information content (AvgIpc) is 3.24. The second-order valence-electron chi connectivity index (χ2n) is 5.84. The Morgan fingerprint density at radius 2 is 1.67 bits per heavy atom. The van der Waals surface area contributed by atoms with E-state index in [2.05, 4.69) is 10.6 Å². The molecule has 0 spiro atoms. The van der Waals surface area contributed by atoms with Crippen LogP contribution in [0.25, 0.3) is 0 Å². The zero-order valence-electron chi connectivity index (χ0n) is 14.7. The van der Waals surface area contributed by atoms with Gasteiger partial charge in [0.1, 0.15) is 18.1 Å². The van der Waals surface area contributed by atoms with E-state index in [0.717, 1.165) is 11.3 Å². The Morgan fingerprint density at radius 3 is 2.37 bits per heavy atom. The fourth-order valence-electron chi connectivity index (χ4n) is 2.36. The van der Waals surface area contributed by atoms with Crippen molar-refractivity contribution in [3.63, 3.8) is 0 Å². The molecule has 1 heterocycles. The van der Waals surface area contributed by atoms with Crippen LogP contribution in [0.15, 0.2) is 77.4 Å². The summed E-state index contributed by atoms with van der Waals surface area (Å²) in [4.78, 5) is 23.9. The van der Waals surface area contributed by atoms with Gasteiger partial charge in [-0.25, -0.2) is 0 Å². The Hall–Kier alpha value is -3.54. The number of furan rings is 1. The van der Waals surface area contributed by atoms with Crippen molar-refractivity contribution in [2.75, 3.05) is 6.54 Å². The van der Waals surface area contributed by atoms with Crippen LogP contribution in [0.2, 0.25) is 0 Å². The molecule has 138 valence electrons. The molecule has 1 aromatic heterocycles. The van der Waals surface area contributed by atoms with Gasteiger partial charge in [-0.2, -0.15) is 0 Å². The molecule has 0 aliphatic carbocycles. The van der Waals surface area contributed by atoms with Crippen LogP contribution in [0.3, 0.4) is 0 Å². The molecule has 0 saturated carbocycles.